The van der Waals surface area contributed by atoms with E-state index in [1.165, 1.54) is 37.9 Å². The number of nitro groups is 1. The Morgan fingerprint density at radius 1 is 1.31 bits per heavy atom. The second-order valence-electron chi connectivity index (χ2n) is 6.61. The summed E-state index contributed by atoms with van der Waals surface area (Å²) in [6.45, 7) is 1.10. The Kier molecular flexibility index (Phi) is 6.28. The zero-order valence-electron chi connectivity index (χ0n) is 15.9. The van der Waals surface area contributed by atoms with Gasteiger partial charge in [0, 0.05) is 31.3 Å². The SMILES string of the molecule is COC(=O)/C=C/c1ccc(NC2CCN(C(=O)c3ccoc3)CC2)c([N+](=O)[O-])c1. The van der Waals surface area contributed by atoms with E-state index in [-0.39, 0.29) is 17.6 Å². The molecule has 9 heteroatoms. The van der Waals surface area contributed by atoms with Gasteiger partial charge < -0.3 is 19.4 Å². The van der Waals surface area contributed by atoms with E-state index >= 15 is 0 Å². The van der Waals surface area contributed by atoms with Gasteiger partial charge in [0.15, 0.2) is 0 Å². The number of ether oxygens (including phenoxy) is 1. The molecule has 0 radical (unpaired) electrons. The maximum absolute atomic E-state index is 12.4. The Morgan fingerprint density at radius 3 is 2.69 bits per heavy atom. The molecule has 0 bridgehead atoms. The van der Waals surface area contributed by atoms with Gasteiger partial charge in [-0.1, -0.05) is 6.07 Å². The van der Waals surface area contributed by atoms with E-state index in [1.807, 2.05) is 0 Å². The van der Waals surface area contributed by atoms with E-state index < -0.39 is 10.9 Å². The van der Waals surface area contributed by atoms with Gasteiger partial charge in [0.05, 0.1) is 23.9 Å². The van der Waals surface area contributed by atoms with Crippen molar-refractivity contribution in [2.24, 2.45) is 0 Å². The summed E-state index contributed by atoms with van der Waals surface area (Å²) in [5.74, 6) is -0.614. The molecule has 9 nitrogen and oxygen atoms in total. The summed E-state index contributed by atoms with van der Waals surface area (Å²) >= 11 is 0. The molecule has 1 aliphatic heterocycles. The largest absolute Gasteiger partial charge is 0.472 e. The van der Waals surface area contributed by atoms with Gasteiger partial charge in [-0.05, 0) is 36.6 Å². The van der Waals surface area contributed by atoms with Crippen LogP contribution in [0.5, 0.6) is 0 Å². The fourth-order valence-corrected chi connectivity index (χ4v) is 3.17. The second-order valence-corrected chi connectivity index (χ2v) is 6.61. The number of hydrogen-bond donors (Lipinski definition) is 1. The summed E-state index contributed by atoms with van der Waals surface area (Å²) in [6, 6.07) is 6.36. The second kappa shape index (κ2) is 9.05. The zero-order chi connectivity index (χ0) is 20.8. The van der Waals surface area contributed by atoms with Crippen LogP contribution in [0.1, 0.15) is 28.8 Å². The van der Waals surface area contributed by atoms with Crippen molar-refractivity contribution >= 4 is 29.3 Å². The van der Waals surface area contributed by atoms with Crippen LogP contribution >= 0.6 is 0 Å². The predicted molar refractivity (Wildman–Crippen MR) is 105 cm³/mol. The van der Waals surface area contributed by atoms with Crippen molar-refractivity contribution in [2.75, 3.05) is 25.5 Å². The van der Waals surface area contributed by atoms with Gasteiger partial charge in [0.25, 0.3) is 11.6 Å². The Labute approximate surface area is 167 Å². The molecule has 1 aromatic carbocycles. The normalized spacial score (nSPS) is 14.7. The van der Waals surface area contributed by atoms with E-state index in [1.54, 1.807) is 23.1 Å². The third kappa shape index (κ3) is 5.01. The number of furan rings is 1. The Balaban J connectivity index is 1.64. The Bertz CT molecular complexity index is 914. The quantitative estimate of drug-likeness (QED) is 0.343. The number of methoxy groups -OCH3 is 1. The van der Waals surface area contributed by atoms with Crippen LogP contribution in [0, 0.1) is 10.1 Å². The first-order valence-corrected chi connectivity index (χ1v) is 9.10. The van der Waals surface area contributed by atoms with Crippen molar-refractivity contribution in [3.05, 3.63) is 64.1 Å². The predicted octanol–water partition coefficient (Wildman–Crippen LogP) is 3.09. The summed E-state index contributed by atoms with van der Waals surface area (Å²) in [5.41, 5.74) is 1.37. The molecule has 1 aliphatic rings. The highest BCUT2D eigenvalue weighted by Crippen LogP contribution is 2.28. The lowest BCUT2D eigenvalue weighted by atomic mass is 10.0. The number of carbonyl (C=O) groups excluding carboxylic acids is 2. The number of esters is 1. The summed E-state index contributed by atoms with van der Waals surface area (Å²) < 4.78 is 9.47. The van der Waals surface area contributed by atoms with Crippen molar-refractivity contribution in [1.29, 1.82) is 0 Å². The zero-order valence-corrected chi connectivity index (χ0v) is 15.9. The van der Waals surface area contributed by atoms with E-state index in [4.69, 9.17) is 4.42 Å². The first-order chi connectivity index (χ1) is 14.0. The van der Waals surface area contributed by atoms with Gasteiger partial charge in [0.2, 0.25) is 0 Å². The highest BCUT2D eigenvalue weighted by atomic mass is 16.6. The number of benzene rings is 1. The lowest BCUT2D eigenvalue weighted by Crippen LogP contribution is -2.42. The Hall–Kier alpha value is -3.62. The van der Waals surface area contributed by atoms with E-state index in [2.05, 4.69) is 10.1 Å². The van der Waals surface area contributed by atoms with Crippen LogP contribution in [0.3, 0.4) is 0 Å². The number of rotatable bonds is 6. The number of nitrogens with zero attached hydrogens (tertiary/aromatic N) is 2. The number of nitrogens with one attached hydrogen (secondary N) is 1. The molecule has 2 heterocycles. The molecule has 0 atom stereocenters. The molecule has 0 aliphatic carbocycles. The Morgan fingerprint density at radius 2 is 2.07 bits per heavy atom. The number of hydrogen-bond acceptors (Lipinski definition) is 7. The monoisotopic (exact) mass is 399 g/mol. The molecule has 1 fully saturated rings. The molecule has 1 aromatic heterocycles. The third-order valence-electron chi connectivity index (χ3n) is 4.74. The topological polar surface area (TPSA) is 115 Å². The molecule has 1 amide bonds. The molecule has 152 valence electrons. The minimum absolute atomic E-state index is 0.0126. The van der Waals surface area contributed by atoms with Gasteiger partial charge in [-0.3, -0.25) is 14.9 Å². The summed E-state index contributed by atoms with van der Waals surface area (Å²) in [7, 11) is 1.26. The maximum atomic E-state index is 12.4. The number of amides is 1. The highest BCUT2D eigenvalue weighted by molar-refractivity contribution is 5.93. The lowest BCUT2D eigenvalue weighted by Gasteiger charge is -2.32. The standard InChI is InChI=1S/C20H21N3O6/c1-28-19(24)5-3-14-2-4-17(18(12-14)23(26)27)21-16-6-9-22(10-7-16)20(25)15-8-11-29-13-15/h2-5,8,11-13,16,21H,6-7,9-10H2,1H3/b5-3+. The van der Waals surface area contributed by atoms with Crippen LogP contribution in [0.15, 0.2) is 47.3 Å². The highest BCUT2D eigenvalue weighted by Gasteiger charge is 2.25. The van der Waals surface area contributed by atoms with Crippen molar-refractivity contribution < 1.29 is 23.7 Å². The van der Waals surface area contributed by atoms with E-state index in [0.717, 1.165) is 0 Å². The van der Waals surface area contributed by atoms with Crippen LogP contribution in [0.2, 0.25) is 0 Å². The van der Waals surface area contributed by atoms with Crippen LogP contribution < -0.4 is 5.32 Å². The molecule has 2 aromatic rings. The first-order valence-electron chi connectivity index (χ1n) is 9.10. The number of nitro benzene ring substituents is 1. The molecular weight excluding hydrogens is 378 g/mol. The number of anilines is 1. The first kappa shape index (κ1) is 20.1. The summed E-state index contributed by atoms with van der Waals surface area (Å²) in [6.07, 6.45) is 6.90. The molecule has 0 saturated carbocycles. The molecule has 29 heavy (non-hydrogen) atoms. The molecule has 1 N–H and O–H groups in total. The summed E-state index contributed by atoms with van der Waals surface area (Å²) in [4.78, 5) is 36.3. The maximum Gasteiger partial charge on any atom is 0.330 e. The van der Waals surface area contributed by atoms with Gasteiger partial charge in [-0.15, -0.1) is 0 Å². The van der Waals surface area contributed by atoms with Crippen LogP contribution in [-0.2, 0) is 9.53 Å². The smallest absolute Gasteiger partial charge is 0.330 e. The minimum atomic E-state index is -0.536. The fraction of sp³-hybridized carbons (Fsp3) is 0.300. The average Bonchev–Trinajstić information content (AvgIpc) is 3.27. The van der Waals surface area contributed by atoms with Crippen molar-refractivity contribution in [3.63, 3.8) is 0 Å². The average molecular weight is 399 g/mol. The van der Waals surface area contributed by atoms with Crippen LogP contribution in [0.4, 0.5) is 11.4 Å². The van der Waals surface area contributed by atoms with Crippen molar-refractivity contribution in [1.82, 2.24) is 4.90 Å². The molecule has 0 spiro atoms. The van der Waals surface area contributed by atoms with Crippen LogP contribution in [0.25, 0.3) is 6.08 Å². The number of carbonyl (C=O) groups is 2. The lowest BCUT2D eigenvalue weighted by molar-refractivity contribution is -0.384. The molecule has 0 unspecified atom stereocenters. The van der Waals surface area contributed by atoms with Crippen molar-refractivity contribution in [3.8, 4) is 0 Å². The molecular formula is C20H21N3O6. The minimum Gasteiger partial charge on any atom is -0.472 e. The van der Waals surface area contributed by atoms with Crippen molar-refractivity contribution in [2.45, 2.75) is 18.9 Å². The summed E-state index contributed by atoms with van der Waals surface area (Å²) in [5, 5.41) is 14.7. The van der Waals surface area contributed by atoms with Gasteiger partial charge in [-0.2, -0.15) is 0 Å². The third-order valence-corrected chi connectivity index (χ3v) is 4.74. The molecule has 1 saturated heterocycles. The number of piperidine rings is 1. The van der Waals surface area contributed by atoms with E-state index in [9.17, 15) is 19.7 Å². The van der Waals surface area contributed by atoms with Gasteiger partial charge >= 0.3 is 5.97 Å². The van der Waals surface area contributed by atoms with E-state index in [0.29, 0.717) is 42.7 Å². The molecule has 3 rings (SSSR count). The number of likely N-dealkylation sites (tertiary alicyclic amines) is 1. The fourth-order valence-electron chi connectivity index (χ4n) is 3.17. The van der Waals surface area contributed by atoms with Crippen LogP contribution in [-0.4, -0.2) is 47.9 Å². The van der Waals surface area contributed by atoms with Gasteiger partial charge in [-0.25, -0.2) is 4.79 Å². The van der Waals surface area contributed by atoms with Gasteiger partial charge in [0.1, 0.15) is 12.0 Å².